The second kappa shape index (κ2) is 7.81. The molecular weight excluding hydrogens is 388 g/mol. The number of aliphatic hydroxyl groups is 1. The van der Waals surface area contributed by atoms with E-state index in [1.807, 2.05) is 32.1 Å². The first-order chi connectivity index (χ1) is 14.3. The number of carbonyl (C=O) groups excluding carboxylic acids is 3. The topological polar surface area (TPSA) is 96.4 Å². The number of allylic oxidation sites excluding steroid dienone is 1. The molecule has 3 unspecified atom stereocenters. The molecule has 0 radical (unpaired) electrons. The van der Waals surface area contributed by atoms with Crippen molar-refractivity contribution < 1.29 is 29.0 Å². The Labute approximate surface area is 176 Å². The van der Waals surface area contributed by atoms with Crippen molar-refractivity contribution in [2.24, 2.45) is 11.8 Å². The van der Waals surface area contributed by atoms with Crippen molar-refractivity contribution in [2.75, 3.05) is 19.8 Å². The lowest BCUT2D eigenvalue weighted by Gasteiger charge is -2.38. The van der Waals surface area contributed by atoms with Gasteiger partial charge in [0.25, 0.3) is 0 Å². The number of likely N-dealkylation sites (tertiary alicyclic amines) is 1. The number of nitrogens with zero attached hydrogens (tertiary/aromatic N) is 2. The zero-order chi connectivity index (χ0) is 21.6. The second-order valence-electron chi connectivity index (χ2n) is 8.84. The molecule has 0 aromatic rings. The Morgan fingerprint density at radius 1 is 1.20 bits per heavy atom. The van der Waals surface area contributed by atoms with Crippen LogP contribution in [0, 0.1) is 11.8 Å². The molecule has 0 saturated carbocycles. The van der Waals surface area contributed by atoms with E-state index in [2.05, 4.69) is 0 Å². The minimum Gasteiger partial charge on any atom is -0.465 e. The van der Waals surface area contributed by atoms with Crippen LogP contribution in [0.2, 0.25) is 0 Å². The third kappa shape index (κ3) is 3.00. The van der Waals surface area contributed by atoms with Crippen molar-refractivity contribution in [3.05, 3.63) is 24.3 Å². The summed E-state index contributed by atoms with van der Waals surface area (Å²) in [5.74, 6) is -2.74. The molecular formula is C22H30N2O6. The lowest BCUT2D eigenvalue weighted by atomic mass is 9.78. The molecule has 4 rings (SSSR count). The van der Waals surface area contributed by atoms with Crippen LogP contribution in [0.1, 0.15) is 33.6 Å². The Kier molecular flexibility index (Phi) is 5.48. The second-order valence-corrected chi connectivity index (χ2v) is 8.84. The standard InChI is InChI=1S/C22H30N2O6/c1-13(2)23-10-7-9-22-17(19(26)24(14(3)12-25)18(22)20(23)27)16-15(30-22)8-5-4-6-11-29-21(16)28/h5,7-9,13-18,25H,4,6,10-12H2,1-3H3/b8-5-/t14?,15-,16?,17+,18-,22?/m1/s1. The number of cyclic esters (lactones) is 1. The molecule has 8 nitrogen and oxygen atoms in total. The molecule has 2 amide bonds. The largest absolute Gasteiger partial charge is 0.465 e. The van der Waals surface area contributed by atoms with Gasteiger partial charge in [0.15, 0.2) is 0 Å². The fourth-order valence-corrected chi connectivity index (χ4v) is 5.24. The number of esters is 1. The van der Waals surface area contributed by atoms with E-state index < -0.39 is 41.6 Å². The van der Waals surface area contributed by atoms with Crippen LogP contribution in [-0.4, -0.2) is 82.3 Å². The Hall–Kier alpha value is -2.19. The number of ether oxygens (including phenoxy) is 2. The predicted molar refractivity (Wildman–Crippen MR) is 107 cm³/mol. The molecule has 0 bridgehead atoms. The van der Waals surface area contributed by atoms with Gasteiger partial charge in [-0.2, -0.15) is 0 Å². The van der Waals surface area contributed by atoms with E-state index in [0.717, 1.165) is 6.42 Å². The maximum absolute atomic E-state index is 13.7. The molecule has 2 saturated heterocycles. The molecule has 30 heavy (non-hydrogen) atoms. The summed E-state index contributed by atoms with van der Waals surface area (Å²) in [6.07, 6.45) is 8.26. The quantitative estimate of drug-likeness (QED) is 0.534. The van der Waals surface area contributed by atoms with Gasteiger partial charge < -0.3 is 24.4 Å². The lowest BCUT2D eigenvalue weighted by Crippen LogP contribution is -2.58. The SMILES string of the molecule is CC(C)N1CC=CC23O[C@@H]4/C=C\CCCOC(=O)C4[C@H]2C(=O)N(C(C)CO)[C@@H]3C1=O. The normalized spacial score (nSPS) is 38.2. The maximum Gasteiger partial charge on any atom is 0.312 e. The molecule has 1 spiro atoms. The van der Waals surface area contributed by atoms with E-state index in [9.17, 15) is 19.5 Å². The third-order valence-corrected chi connectivity index (χ3v) is 6.68. The van der Waals surface area contributed by atoms with Crippen molar-refractivity contribution in [3.63, 3.8) is 0 Å². The van der Waals surface area contributed by atoms with Crippen LogP contribution >= 0.6 is 0 Å². The fourth-order valence-electron chi connectivity index (χ4n) is 5.24. The zero-order valence-corrected chi connectivity index (χ0v) is 17.7. The van der Waals surface area contributed by atoms with Crippen molar-refractivity contribution in [3.8, 4) is 0 Å². The van der Waals surface area contributed by atoms with E-state index in [1.165, 1.54) is 4.90 Å². The van der Waals surface area contributed by atoms with Crippen LogP contribution in [-0.2, 0) is 23.9 Å². The van der Waals surface area contributed by atoms with Gasteiger partial charge in [-0.25, -0.2) is 0 Å². The highest BCUT2D eigenvalue weighted by Gasteiger charge is 2.72. The number of fused-ring (bicyclic) bond motifs is 2. The highest BCUT2D eigenvalue weighted by Crippen LogP contribution is 2.53. The average molecular weight is 418 g/mol. The lowest BCUT2D eigenvalue weighted by molar-refractivity contribution is -0.156. The summed E-state index contributed by atoms with van der Waals surface area (Å²) in [5, 5.41) is 9.82. The van der Waals surface area contributed by atoms with Crippen molar-refractivity contribution in [1.82, 2.24) is 9.80 Å². The van der Waals surface area contributed by atoms with Gasteiger partial charge in [0.1, 0.15) is 17.6 Å². The van der Waals surface area contributed by atoms with E-state index in [-0.39, 0.29) is 31.1 Å². The highest BCUT2D eigenvalue weighted by atomic mass is 16.6. The van der Waals surface area contributed by atoms with Crippen LogP contribution < -0.4 is 0 Å². The van der Waals surface area contributed by atoms with Gasteiger partial charge in [-0.05, 0) is 33.6 Å². The molecule has 6 atom stereocenters. The summed E-state index contributed by atoms with van der Waals surface area (Å²) in [6, 6.07) is -1.59. The average Bonchev–Trinajstić information content (AvgIpc) is 3.12. The van der Waals surface area contributed by atoms with Crippen molar-refractivity contribution in [2.45, 2.75) is 63.4 Å². The molecule has 0 aliphatic carbocycles. The Balaban J connectivity index is 1.86. The summed E-state index contributed by atoms with van der Waals surface area (Å²) in [5.41, 5.74) is -1.26. The van der Waals surface area contributed by atoms with Crippen LogP contribution in [0.15, 0.2) is 24.3 Å². The zero-order valence-electron chi connectivity index (χ0n) is 17.7. The van der Waals surface area contributed by atoms with Crippen LogP contribution in [0.5, 0.6) is 0 Å². The van der Waals surface area contributed by atoms with Gasteiger partial charge in [-0.3, -0.25) is 14.4 Å². The molecule has 0 aromatic heterocycles. The number of amides is 2. The molecule has 2 fully saturated rings. The summed E-state index contributed by atoms with van der Waals surface area (Å²) in [6.45, 7) is 5.94. The molecule has 8 heteroatoms. The number of hydrogen-bond acceptors (Lipinski definition) is 6. The van der Waals surface area contributed by atoms with Crippen molar-refractivity contribution in [1.29, 1.82) is 0 Å². The summed E-state index contributed by atoms with van der Waals surface area (Å²) >= 11 is 0. The van der Waals surface area contributed by atoms with Gasteiger partial charge in [0.2, 0.25) is 11.8 Å². The minimum atomic E-state index is -1.26. The van der Waals surface area contributed by atoms with Gasteiger partial charge >= 0.3 is 5.97 Å². The summed E-state index contributed by atoms with van der Waals surface area (Å²) in [4.78, 5) is 43.4. The molecule has 4 aliphatic heterocycles. The highest BCUT2D eigenvalue weighted by molar-refractivity contribution is 5.99. The number of rotatable bonds is 3. The van der Waals surface area contributed by atoms with E-state index in [0.29, 0.717) is 13.0 Å². The van der Waals surface area contributed by atoms with Crippen molar-refractivity contribution >= 4 is 17.8 Å². The molecule has 164 valence electrons. The minimum absolute atomic E-state index is 0.0683. The molecule has 0 aromatic carbocycles. The van der Waals surface area contributed by atoms with Gasteiger partial charge in [0, 0.05) is 12.6 Å². The smallest absolute Gasteiger partial charge is 0.312 e. The summed E-state index contributed by atoms with van der Waals surface area (Å²) < 4.78 is 11.9. The Bertz CT molecular complexity index is 792. The van der Waals surface area contributed by atoms with Crippen LogP contribution in [0.4, 0.5) is 0 Å². The van der Waals surface area contributed by atoms with Crippen LogP contribution in [0.25, 0.3) is 0 Å². The summed E-state index contributed by atoms with van der Waals surface area (Å²) in [7, 11) is 0. The van der Waals surface area contributed by atoms with Crippen LogP contribution in [0.3, 0.4) is 0 Å². The predicted octanol–water partition coefficient (Wildman–Crippen LogP) is 0.648. The van der Waals surface area contributed by atoms with E-state index >= 15 is 0 Å². The first-order valence-corrected chi connectivity index (χ1v) is 10.8. The molecule has 1 N–H and O–H groups in total. The van der Waals surface area contributed by atoms with Gasteiger partial charge in [-0.1, -0.05) is 24.3 Å². The maximum atomic E-state index is 13.7. The number of carbonyl (C=O) groups is 3. The first-order valence-electron chi connectivity index (χ1n) is 10.8. The Morgan fingerprint density at radius 3 is 2.67 bits per heavy atom. The van der Waals surface area contributed by atoms with E-state index in [1.54, 1.807) is 17.9 Å². The fraction of sp³-hybridized carbons (Fsp3) is 0.682. The monoisotopic (exact) mass is 418 g/mol. The molecule has 4 heterocycles. The third-order valence-electron chi connectivity index (χ3n) is 6.68. The Morgan fingerprint density at radius 2 is 1.97 bits per heavy atom. The van der Waals surface area contributed by atoms with Gasteiger partial charge in [0.05, 0.1) is 31.3 Å². The number of hydrogen-bond donors (Lipinski definition) is 1. The van der Waals surface area contributed by atoms with Gasteiger partial charge in [-0.15, -0.1) is 0 Å². The van der Waals surface area contributed by atoms with E-state index in [4.69, 9.17) is 9.47 Å². The molecule has 4 aliphatic rings. The first kappa shape index (κ1) is 21.1. The number of aliphatic hydroxyl groups excluding tert-OH is 1.